The summed E-state index contributed by atoms with van der Waals surface area (Å²) < 4.78 is 0. The molecule has 98 valence electrons. The lowest BCUT2D eigenvalue weighted by atomic mass is 10.1. The number of hydrogen-bond donors (Lipinski definition) is 3. The molecule has 0 radical (unpaired) electrons. The van der Waals surface area contributed by atoms with Gasteiger partial charge >= 0.3 is 5.97 Å². The number of carbonyl (C=O) groups is 2. The number of anilines is 1. The molecule has 5 heteroatoms. The molecule has 1 aromatic rings. The molecule has 0 spiro atoms. The van der Waals surface area contributed by atoms with E-state index in [0.717, 1.165) is 0 Å². The molecule has 5 nitrogen and oxygen atoms in total. The smallest absolute Gasteiger partial charge is 0.307 e. The highest BCUT2D eigenvalue weighted by molar-refractivity contribution is 5.93. The summed E-state index contributed by atoms with van der Waals surface area (Å²) in [6, 6.07) is 6.93. The summed E-state index contributed by atoms with van der Waals surface area (Å²) in [5, 5.41) is 14.5. The fourth-order valence-corrected chi connectivity index (χ4v) is 1.61. The SMILES string of the molecule is CNCC(C)C(=O)Nc1ccccc1CC(=O)O. The molecule has 0 saturated carbocycles. The number of amides is 1. The minimum Gasteiger partial charge on any atom is -0.481 e. The first kappa shape index (κ1) is 14.2. The minimum atomic E-state index is -0.917. The second-order valence-electron chi connectivity index (χ2n) is 4.18. The number of carboxylic acid groups (broad SMARTS) is 1. The van der Waals surface area contributed by atoms with Crippen LogP contribution in [0.1, 0.15) is 12.5 Å². The molecule has 18 heavy (non-hydrogen) atoms. The van der Waals surface area contributed by atoms with Crippen molar-refractivity contribution in [3.05, 3.63) is 29.8 Å². The van der Waals surface area contributed by atoms with Crippen molar-refractivity contribution in [2.45, 2.75) is 13.3 Å². The average Bonchev–Trinajstić information content (AvgIpc) is 2.31. The number of aliphatic carboxylic acids is 1. The molecule has 0 aromatic heterocycles. The average molecular weight is 250 g/mol. The predicted octanol–water partition coefficient (Wildman–Crippen LogP) is 1.11. The Labute approximate surface area is 106 Å². The summed E-state index contributed by atoms with van der Waals surface area (Å²) in [4.78, 5) is 22.6. The Bertz CT molecular complexity index is 432. The van der Waals surface area contributed by atoms with Gasteiger partial charge in [0, 0.05) is 18.2 Å². The van der Waals surface area contributed by atoms with Gasteiger partial charge in [0.05, 0.1) is 6.42 Å². The minimum absolute atomic E-state index is 0.100. The maximum atomic E-state index is 11.8. The van der Waals surface area contributed by atoms with E-state index in [2.05, 4.69) is 10.6 Å². The summed E-state index contributed by atoms with van der Waals surface area (Å²) in [5.41, 5.74) is 1.17. The van der Waals surface area contributed by atoms with Crippen LogP contribution in [0.3, 0.4) is 0 Å². The lowest BCUT2D eigenvalue weighted by Crippen LogP contribution is -2.29. The van der Waals surface area contributed by atoms with Crippen molar-refractivity contribution in [3.8, 4) is 0 Å². The Balaban J connectivity index is 2.77. The highest BCUT2D eigenvalue weighted by Gasteiger charge is 2.14. The molecule has 1 atom stereocenters. The van der Waals surface area contributed by atoms with Gasteiger partial charge in [0.25, 0.3) is 0 Å². The molecular formula is C13H18N2O3. The summed E-state index contributed by atoms with van der Waals surface area (Å²) in [5.74, 6) is -1.21. The van der Waals surface area contributed by atoms with Crippen molar-refractivity contribution < 1.29 is 14.7 Å². The van der Waals surface area contributed by atoms with Crippen molar-refractivity contribution in [2.24, 2.45) is 5.92 Å². The van der Waals surface area contributed by atoms with Crippen molar-refractivity contribution in [3.63, 3.8) is 0 Å². The Morgan fingerprint density at radius 3 is 2.61 bits per heavy atom. The zero-order valence-corrected chi connectivity index (χ0v) is 10.6. The fraction of sp³-hybridized carbons (Fsp3) is 0.385. The molecule has 1 amide bonds. The van der Waals surface area contributed by atoms with E-state index >= 15 is 0 Å². The van der Waals surface area contributed by atoms with Crippen LogP contribution in [0.15, 0.2) is 24.3 Å². The summed E-state index contributed by atoms with van der Waals surface area (Å²) in [6.45, 7) is 2.39. The molecule has 0 heterocycles. The molecule has 0 aliphatic carbocycles. The van der Waals surface area contributed by atoms with E-state index in [4.69, 9.17) is 5.11 Å². The van der Waals surface area contributed by atoms with Crippen molar-refractivity contribution in [2.75, 3.05) is 18.9 Å². The first-order valence-electron chi connectivity index (χ1n) is 5.79. The van der Waals surface area contributed by atoms with E-state index in [1.54, 1.807) is 31.3 Å². The highest BCUT2D eigenvalue weighted by atomic mass is 16.4. The van der Waals surface area contributed by atoms with Crippen LogP contribution in [0.25, 0.3) is 0 Å². The van der Waals surface area contributed by atoms with E-state index in [-0.39, 0.29) is 18.2 Å². The van der Waals surface area contributed by atoms with Gasteiger partial charge in [-0.25, -0.2) is 0 Å². The van der Waals surface area contributed by atoms with Gasteiger partial charge < -0.3 is 15.7 Å². The van der Waals surface area contributed by atoms with Gasteiger partial charge in [-0.1, -0.05) is 25.1 Å². The van der Waals surface area contributed by atoms with E-state index in [9.17, 15) is 9.59 Å². The summed E-state index contributed by atoms with van der Waals surface area (Å²) >= 11 is 0. The van der Waals surface area contributed by atoms with Gasteiger partial charge in [-0.05, 0) is 18.7 Å². The second-order valence-corrected chi connectivity index (χ2v) is 4.18. The number of hydrogen-bond acceptors (Lipinski definition) is 3. The van der Waals surface area contributed by atoms with Gasteiger partial charge in [0.2, 0.25) is 5.91 Å². The van der Waals surface area contributed by atoms with E-state index in [1.165, 1.54) is 0 Å². The molecule has 0 aliphatic heterocycles. The molecule has 0 aliphatic rings. The van der Waals surface area contributed by atoms with Gasteiger partial charge in [-0.3, -0.25) is 9.59 Å². The molecule has 3 N–H and O–H groups in total. The lowest BCUT2D eigenvalue weighted by Gasteiger charge is -2.13. The first-order chi connectivity index (χ1) is 8.54. The molecular weight excluding hydrogens is 232 g/mol. The summed E-state index contributed by atoms with van der Waals surface area (Å²) in [7, 11) is 1.78. The third-order valence-electron chi connectivity index (χ3n) is 2.57. The quantitative estimate of drug-likeness (QED) is 0.706. The zero-order chi connectivity index (χ0) is 13.5. The molecule has 1 rings (SSSR count). The zero-order valence-electron chi connectivity index (χ0n) is 10.6. The standard InChI is InChI=1S/C13H18N2O3/c1-9(8-14-2)13(18)15-11-6-4-3-5-10(11)7-12(16)17/h3-6,9,14H,7-8H2,1-2H3,(H,15,18)(H,16,17). The van der Waals surface area contributed by atoms with Gasteiger partial charge in [0.1, 0.15) is 0 Å². The number of para-hydroxylation sites is 1. The molecule has 0 fully saturated rings. The van der Waals surface area contributed by atoms with Crippen molar-refractivity contribution >= 4 is 17.6 Å². The van der Waals surface area contributed by atoms with Crippen molar-refractivity contribution in [1.29, 1.82) is 0 Å². The number of rotatable bonds is 6. The van der Waals surface area contributed by atoms with Crippen LogP contribution in [0.2, 0.25) is 0 Å². The predicted molar refractivity (Wildman–Crippen MR) is 69.5 cm³/mol. The highest BCUT2D eigenvalue weighted by Crippen LogP contribution is 2.16. The largest absolute Gasteiger partial charge is 0.481 e. The Morgan fingerprint density at radius 2 is 2.00 bits per heavy atom. The maximum Gasteiger partial charge on any atom is 0.307 e. The van der Waals surface area contributed by atoms with Gasteiger partial charge in [-0.2, -0.15) is 0 Å². The third kappa shape index (κ3) is 4.18. The normalized spacial score (nSPS) is 11.9. The number of nitrogens with one attached hydrogen (secondary N) is 2. The van der Waals surface area contributed by atoms with Gasteiger partial charge in [0.15, 0.2) is 0 Å². The Kier molecular flexibility index (Phi) is 5.32. The van der Waals surface area contributed by atoms with Crippen LogP contribution in [-0.4, -0.2) is 30.6 Å². The van der Waals surface area contributed by atoms with Gasteiger partial charge in [-0.15, -0.1) is 0 Å². The maximum absolute atomic E-state index is 11.8. The molecule has 0 bridgehead atoms. The van der Waals surface area contributed by atoms with E-state index < -0.39 is 5.97 Å². The Hall–Kier alpha value is -1.88. The topological polar surface area (TPSA) is 78.4 Å². The monoisotopic (exact) mass is 250 g/mol. The van der Waals surface area contributed by atoms with Crippen LogP contribution in [0.5, 0.6) is 0 Å². The van der Waals surface area contributed by atoms with Crippen LogP contribution < -0.4 is 10.6 Å². The first-order valence-corrected chi connectivity index (χ1v) is 5.79. The molecule has 1 unspecified atom stereocenters. The summed E-state index contributed by atoms with van der Waals surface area (Å²) in [6.07, 6.45) is -0.100. The van der Waals surface area contributed by atoms with Crippen LogP contribution in [0, 0.1) is 5.92 Å². The second kappa shape index (κ2) is 6.76. The van der Waals surface area contributed by atoms with Crippen LogP contribution >= 0.6 is 0 Å². The fourth-order valence-electron chi connectivity index (χ4n) is 1.61. The van der Waals surface area contributed by atoms with Crippen LogP contribution in [0.4, 0.5) is 5.69 Å². The third-order valence-corrected chi connectivity index (χ3v) is 2.57. The van der Waals surface area contributed by atoms with Crippen LogP contribution in [-0.2, 0) is 16.0 Å². The Morgan fingerprint density at radius 1 is 1.33 bits per heavy atom. The lowest BCUT2D eigenvalue weighted by molar-refractivity contribution is -0.136. The van der Waals surface area contributed by atoms with Crippen molar-refractivity contribution in [1.82, 2.24) is 5.32 Å². The molecule has 1 aromatic carbocycles. The number of carboxylic acids is 1. The number of carbonyl (C=O) groups excluding carboxylic acids is 1. The molecule has 0 saturated heterocycles. The van der Waals surface area contributed by atoms with E-state index in [1.807, 2.05) is 6.92 Å². The number of benzene rings is 1. The van der Waals surface area contributed by atoms with E-state index in [0.29, 0.717) is 17.8 Å².